The van der Waals surface area contributed by atoms with Gasteiger partial charge >= 0.3 is 0 Å². The first-order valence-electron chi connectivity index (χ1n) is 8.39. The normalized spacial score (nSPS) is 33.7. The van der Waals surface area contributed by atoms with Crippen LogP contribution < -0.4 is 0 Å². The number of alkyl halides is 1. The van der Waals surface area contributed by atoms with Crippen LogP contribution in [0.4, 0.5) is 0 Å². The lowest BCUT2D eigenvalue weighted by Gasteiger charge is -2.30. The van der Waals surface area contributed by atoms with E-state index in [0.29, 0.717) is 6.61 Å². The van der Waals surface area contributed by atoms with Crippen LogP contribution in [-0.4, -0.2) is 46.0 Å². The monoisotopic (exact) mass is 448 g/mol. The first-order chi connectivity index (χ1) is 11.5. The largest absolute Gasteiger partial charge is 0.371 e. The van der Waals surface area contributed by atoms with E-state index in [1.807, 2.05) is 30.3 Å². The Morgan fingerprint density at radius 1 is 1.25 bits per heavy atom. The number of halogens is 1. The van der Waals surface area contributed by atoms with Gasteiger partial charge in [0.15, 0.2) is 12.1 Å². The predicted octanol–water partition coefficient (Wildman–Crippen LogP) is 3.02. The van der Waals surface area contributed by atoms with Crippen LogP contribution in [0.25, 0.3) is 0 Å². The van der Waals surface area contributed by atoms with Crippen LogP contribution in [0.3, 0.4) is 0 Å². The highest BCUT2D eigenvalue weighted by Crippen LogP contribution is 2.35. The SMILES string of the molecule is CC1(C)OC(O)[C@@H]([C@@H](OCc2ccccc2)[C@H]2CCC(CI)O2)O1. The number of aliphatic hydroxyl groups is 1. The first-order valence-corrected chi connectivity index (χ1v) is 9.92. The Labute approximate surface area is 156 Å². The molecule has 0 aliphatic carbocycles. The quantitative estimate of drug-likeness (QED) is 0.536. The van der Waals surface area contributed by atoms with Crippen LogP contribution in [-0.2, 0) is 25.6 Å². The highest BCUT2D eigenvalue weighted by molar-refractivity contribution is 14.1. The third-order valence-corrected chi connectivity index (χ3v) is 5.38. The second-order valence-corrected chi connectivity index (χ2v) is 7.66. The van der Waals surface area contributed by atoms with Gasteiger partial charge in [0, 0.05) is 4.43 Å². The molecular formula is C18H25IO5. The standard InChI is InChI=1S/C18H25IO5/c1-18(2)23-16(17(20)24-18)15(14-9-8-13(10-19)22-14)21-11-12-6-4-3-5-7-12/h3-7,13-17,20H,8-11H2,1-2H3/t13?,14-,15+,16-,17?/m1/s1. The minimum atomic E-state index is -1.01. The third kappa shape index (κ3) is 4.47. The third-order valence-electron chi connectivity index (χ3n) is 4.39. The molecule has 1 aromatic carbocycles. The molecule has 6 heteroatoms. The molecule has 0 saturated carbocycles. The van der Waals surface area contributed by atoms with E-state index in [0.717, 1.165) is 22.8 Å². The van der Waals surface area contributed by atoms with Gasteiger partial charge in [-0.2, -0.15) is 0 Å². The Bertz CT molecular complexity index is 523. The second-order valence-electron chi connectivity index (χ2n) is 6.78. The molecule has 1 N–H and O–H groups in total. The van der Waals surface area contributed by atoms with Gasteiger partial charge in [0.1, 0.15) is 12.2 Å². The summed E-state index contributed by atoms with van der Waals surface area (Å²) in [5.41, 5.74) is 1.08. The Hall–Kier alpha value is -0.250. The molecule has 3 rings (SSSR count). The van der Waals surface area contributed by atoms with Crippen LogP contribution in [0.5, 0.6) is 0 Å². The van der Waals surface area contributed by atoms with Gasteiger partial charge < -0.3 is 24.1 Å². The zero-order valence-corrected chi connectivity index (χ0v) is 16.2. The van der Waals surface area contributed by atoms with E-state index in [2.05, 4.69) is 22.6 Å². The minimum absolute atomic E-state index is 0.0920. The summed E-state index contributed by atoms with van der Waals surface area (Å²) < 4.78 is 24.6. The molecule has 2 aliphatic heterocycles. The van der Waals surface area contributed by atoms with Gasteiger partial charge in [-0.05, 0) is 32.3 Å². The molecule has 2 unspecified atom stereocenters. The molecular weight excluding hydrogens is 423 g/mol. The van der Waals surface area contributed by atoms with E-state index in [1.165, 1.54) is 0 Å². The minimum Gasteiger partial charge on any atom is -0.371 e. The van der Waals surface area contributed by atoms with Gasteiger partial charge in [0.05, 0.1) is 18.8 Å². The van der Waals surface area contributed by atoms with E-state index >= 15 is 0 Å². The fraction of sp³-hybridized carbons (Fsp3) is 0.667. The maximum atomic E-state index is 10.3. The van der Waals surface area contributed by atoms with E-state index in [-0.39, 0.29) is 18.3 Å². The fourth-order valence-electron chi connectivity index (χ4n) is 3.27. The van der Waals surface area contributed by atoms with Crippen molar-refractivity contribution in [2.24, 2.45) is 0 Å². The van der Waals surface area contributed by atoms with Crippen molar-refractivity contribution < 1.29 is 24.1 Å². The van der Waals surface area contributed by atoms with Gasteiger partial charge in [-0.1, -0.05) is 52.9 Å². The number of hydrogen-bond donors (Lipinski definition) is 1. The molecule has 5 atom stereocenters. The van der Waals surface area contributed by atoms with E-state index in [1.54, 1.807) is 13.8 Å². The Morgan fingerprint density at radius 3 is 2.58 bits per heavy atom. The molecule has 0 spiro atoms. The molecule has 0 amide bonds. The average molecular weight is 448 g/mol. The van der Waals surface area contributed by atoms with Crippen molar-refractivity contribution >= 4 is 22.6 Å². The number of hydrogen-bond acceptors (Lipinski definition) is 5. The van der Waals surface area contributed by atoms with Gasteiger partial charge in [0.2, 0.25) is 0 Å². The molecule has 0 aromatic heterocycles. The molecule has 2 saturated heterocycles. The summed E-state index contributed by atoms with van der Waals surface area (Å²) in [5, 5.41) is 10.3. The van der Waals surface area contributed by atoms with Gasteiger partial charge in [-0.15, -0.1) is 0 Å². The van der Waals surface area contributed by atoms with E-state index in [9.17, 15) is 5.11 Å². The topological polar surface area (TPSA) is 57.2 Å². The van der Waals surface area contributed by atoms with E-state index < -0.39 is 18.2 Å². The molecule has 0 radical (unpaired) electrons. The Morgan fingerprint density at radius 2 is 2.00 bits per heavy atom. The number of aliphatic hydroxyl groups excluding tert-OH is 1. The maximum absolute atomic E-state index is 10.3. The highest BCUT2D eigenvalue weighted by atomic mass is 127. The smallest absolute Gasteiger partial charge is 0.187 e. The average Bonchev–Trinajstić information content (AvgIpc) is 3.13. The number of ether oxygens (including phenoxy) is 4. The van der Waals surface area contributed by atoms with Crippen LogP contribution in [0.1, 0.15) is 32.3 Å². The van der Waals surface area contributed by atoms with Crippen molar-refractivity contribution in [2.45, 2.75) is 69.8 Å². The molecule has 2 fully saturated rings. The lowest BCUT2D eigenvalue weighted by molar-refractivity contribution is -0.179. The maximum Gasteiger partial charge on any atom is 0.187 e. The van der Waals surface area contributed by atoms with Crippen molar-refractivity contribution in [3.8, 4) is 0 Å². The van der Waals surface area contributed by atoms with Crippen LogP contribution in [0.15, 0.2) is 30.3 Å². The number of rotatable bonds is 6. The summed E-state index contributed by atoms with van der Waals surface area (Å²) in [6, 6.07) is 9.99. The van der Waals surface area contributed by atoms with Crippen molar-refractivity contribution in [3.05, 3.63) is 35.9 Å². The first kappa shape index (κ1) is 18.5. The van der Waals surface area contributed by atoms with Gasteiger partial charge in [-0.25, -0.2) is 0 Å². The summed E-state index contributed by atoms with van der Waals surface area (Å²) in [4.78, 5) is 0. The summed E-state index contributed by atoms with van der Waals surface area (Å²) >= 11 is 2.34. The summed E-state index contributed by atoms with van der Waals surface area (Å²) in [6.45, 7) is 4.05. The lowest BCUT2D eigenvalue weighted by atomic mass is 10.0. The summed E-state index contributed by atoms with van der Waals surface area (Å²) in [6.07, 6.45) is 0.127. The Balaban J connectivity index is 1.71. The molecule has 24 heavy (non-hydrogen) atoms. The number of benzene rings is 1. The molecule has 2 aliphatic rings. The van der Waals surface area contributed by atoms with E-state index in [4.69, 9.17) is 18.9 Å². The zero-order chi connectivity index (χ0) is 17.2. The van der Waals surface area contributed by atoms with Gasteiger partial charge in [-0.3, -0.25) is 0 Å². The lowest BCUT2D eigenvalue weighted by Crippen LogP contribution is -2.45. The van der Waals surface area contributed by atoms with Gasteiger partial charge in [0.25, 0.3) is 0 Å². The van der Waals surface area contributed by atoms with Crippen molar-refractivity contribution in [1.29, 1.82) is 0 Å². The summed E-state index contributed by atoms with van der Waals surface area (Å²) in [7, 11) is 0. The molecule has 0 bridgehead atoms. The molecule has 1 aromatic rings. The van der Waals surface area contributed by atoms with Crippen LogP contribution >= 0.6 is 22.6 Å². The zero-order valence-electron chi connectivity index (χ0n) is 14.1. The molecule has 2 heterocycles. The van der Waals surface area contributed by atoms with Crippen molar-refractivity contribution in [1.82, 2.24) is 0 Å². The molecule has 134 valence electrons. The van der Waals surface area contributed by atoms with Crippen molar-refractivity contribution in [2.75, 3.05) is 4.43 Å². The highest BCUT2D eigenvalue weighted by Gasteiger charge is 2.49. The fourth-order valence-corrected chi connectivity index (χ4v) is 3.92. The second kappa shape index (κ2) is 7.97. The summed E-state index contributed by atoms with van der Waals surface area (Å²) in [5.74, 6) is -0.820. The predicted molar refractivity (Wildman–Crippen MR) is 97.8 cm³/mol. The van der Waals surface area contributed by atoms with Crippen LogP contribution in [0.2, 0.25) is 0 Å². The Kier molecular flexibility index (Phi) is 6.16. The van der Waals surface area contributed by atoms with Crippen molar-refractivity contribution in [3.63, 3.8) is 0 Å². The molecule has 5 nitrogen and oxygen atoms in total. The van der Waals surface area contributed by atoms with Crippen LogP contribution in [0, 0.1) is 0 Å².